The Morgan fingerprint density at radius 2 is 2.23 bits per heavy atom. The van der Waals surface area contributed by atoms with Crippen molar-refractivity contribution < 1.29 is 9.63 Å². The van der Waals surface area contributed by atoms with Crippen molar-refractivity contribution in [1.82, 2.24) is 24.4 Å². The predicted molar refractivity (Wildman–Crippen MR) is 94.6 cm³/mol. The molecule has 1 saturated heterocycles. The van der Waals surface area contributed by atoms with Gasteiger partial charge in [0.2, 0.25) is 5.89 Å². The number of β-amino-alcohol motifs (C(OH)–C–C–N with tert-alkyl or cyclic N) is 1. The SMILES string of the molecule is OC1(Cc2nc(C3CC3)no2)CCCN(Cc2cccc3nccn23)C1. The van der Waals surface area contributed by atoms with Crippen molar-refractivity contribution in [2.45, 2.75) is 50.2 Å². The van der Waals surface area contributed by atoms with E-state index in [1.54, 1.807) is 0 Å². The van der Waals surface area contributed by atoms with Gasteiger partial charge in [0, 0.05) is 37.1 Å². The quantitative estimate of drug-likeness (QED) is 0.757. The number of likely N-dealkylation sites (tertiary alicyclic amines) is 1. The van der Waals surface area contributed by atoms with E-state index in [1.165, 1.54) is 5.69 Å². The van der Waals surface area contributed by atoms with E-state index in [-0.39, 0.29) is 0 Å². The minimum absolute atomic E-state index is 0.429. The molecular formula is C19H23N5O2. The van der Waals surface area contributed by atoms with Crippen molar-refractivity contribution in [2.75, 3.05) is 13.1 Å². The lowest BCUT2D eigenvalue weighted by Gasteiger charge is -2.38. The fourth-order valence-corrected chi connectivity index (χ4v) is 3.98. The zero-order valence-electron chi connectivity index (χ0n) is 14.7. The van der Waals surface area contributed by atoms with Crippen LogP contribution in [0.4, 0.5) is 0 Å². The van der Waals surface area contributed by atoms with Crippen LogP contribution in [-0.4, -0.2) is 48.2 Å². The van der Waals surface area contributed by atoms with Gasteiger partial charge in [-0.25, -0.2) is 4.98 Å². The summed E-state index contributed by atoms with van der Waals surface area (Å²) in [5.41, 5.74) is 1.32. The molecule has 136 valence electrons. The number of imidazole rings is 1. The Hall–Kier alpha value is -2.25. The van der Waals surface area contributed by atoms with Crippen LogP contribution in [0.5, 0.6) is 0 Å². The number of fused-ring (bicyclic) bond motifs is 1. The van der Waals surface area contributed by atoms with Crippen LogP contribution in [0.25, 0.3) is 5.65 Å². The van der Waals surface area contributed by atoms with Crippen molar-refractivity contribution in [3.63, 3.8) is 0 Å². The van der Waals surface area contributed by atoms with E-state index in [0.717, 1.165) is 50.2 Å². The van der Waals surface area contributed by atoms with E-state index in [4.69, 9.17) is 4.52 Å². The molecule has 1 atom stereocenters. The van der Waals surface area contributed by atoms with Gasteiger partial charge in [-0.15, -0.1) is 0 Å². The molecule has 3 aromatic rings. The third kappa shape index (κ3) is 3.12. The zero-order valence-corrected chi connectivity index (χ0v) is 14.7. The van der Waals surface area contributed by atoms with Gasteiger partial charge in [-0.2, -0.15) is 4.98 Å². The second kappa shape index (κ2) is 6.17. The van der Waals surface area contributed by atoms with Crippen molar-refractivity contribution in [3.05, 3.63) is 48.0 Å². The summed E-state index contributed by atoms with van der Waals surface area (Å²) in [6, 6.07) is 6.15. The van der Waals surface area contributed by atoms with Crippen LogP contribution in [0.2, 0.25) is 0 Å². The van der Waals surface area contributed by atoms with Crippen LogP contribution in [0.3, 0.4) is 0 Å². The van der Waals surface area contributed by atoms with Crippen molar-refractivity contribution in [1.29, 1.82) is 0 Å². The van der Waals surface area contributed by atoms with Crippen LogP contribution < -0.4 is 0 Å². The van der Waals surface area contributed by atoms with Crippen LogP contribution in [0, 0.1) is 0 Å². The van der Waals surface area contributed by atoms with E-state index in [2.05, 4.69) is 30.5 Å². The summed E-state index contributed by atoms with van der Waals surface area (Å²) in [6.07, 6.45) is 8.25. The van der Waals surface area contributed by atoms with Crippen LogP contribution in [0.15, 0.2) is 35.1 Å². The second-order valence-corrected chi connectivity index (χ2v) is 7.71. The fraction of sp³-hybridized carbons (Fsp3) is 0.526. The Morgan fingerprint density at radius 3 is 3.12 bits per heavy atom. The number of aliphatic hydroxyl groups is 1. The average molecular weight is 353 g/mol. The van der Waals surface area contributed by atoms with E-state index < -0.39 is 5.60 Å². The number of rotatable bonds is 5. The highest BCUT2D eigenvalue weighted by Crippen LogP contribution is 2.38. The van der Waals surface area contributed by atoms with Gasteiger partial charge in [0.25, 0.3) is 0 Å². The largest absolute Gasteiger partial charge is 0.388 e. The van der Waals surface area contributed by atoms with Gasteiger partial charge in [-0.1, -0.05) is 11.2 Å². The standard InChI is InChI=1S/C19H23N5O2/c25-19(11-17-21-18(22-26-17)14-5-6-14)7-2-9-23(13-19)12-15-3-1-4-16-20-8-10-24(15)16/h1,3-4,8,10,14,25H,2,5-7,9,11-13H2. The van der Waals surface area contributed by atoms with Crippen molar-refractivity contribution in [3.8, 4) is 0 Å². The zero-order chi connectivity index (χ0) is 17.6. The Bertz CT molecular complexity index is 915. The average Bonchev–Trinajstić information content (AvgIpc) is 3.17. The number of pyridine rings is 1. The summed E-state index contributed by atoms with van der Waals surface area (Å²) in [7, 11) is 0. The van der Waals surface area contributed by atoms with Gasteiger partial charge >= 0.3 is 0 Å². The lowest BCUT2D eigenvalue weighted by atomic mass is 9.89. The number of hydrogen-bond donors (Lipinski definition) is 1. The summed E-state index contributed by atoms with van der Waals surface area (Å²) in [6.45, 7) is 2.37. The first-order valence-corrected chi connectivity index (χ1v) is 9.37. The molecule has 0 radical (unpaired) electrons. The molecule has 4 heterocycles. The van der Waals surface area contributed by atoms with Crippen LogP contribution >= 0.6 is 0 Å². The third-order valence-corrected chi connectivity index (χ3v) is 5.44. The molecule has 7 nitrogen and oxygen atoms in total. The molecule has 0 bridgehead atoms. The molecule has 1 aliphatic heterocycles. The minimum Gasteiger partial charge on any atom is -0.388 e. The number of nitrogens with zero attached hydrogens (tertiary/aromatic N) is 5. The highest BCUT2D eigenvalue weighted by molar-refractivity contribution is 5.39. The van der Waals surface area contributed by atoms with Gasteiger partial charge in [0.05, 0.1) is 12.0 Å². The Balaban J connectivity index is 1.29. The summed E-state index contributed by atoms with van der Waals surface area (Å²) in [5, 5.41) is 15.2. The number of hydrogen-bond acceptors (Lipinski definition) is 6. The van der Waals surface area contributed by atoms with E-state index in [0.29, 0.717) is 24.8 Å². The number of piperidine rings is 1. The Labute approximate surface area is 151 Å². The van der Waals surface area contributed by atoms with E-state index in [9.17, 15) is 5.11 Å². The maximum Gasteiger partial charge on any atom is 0.229 e. The smallest absolute Gasteiger partial charge is 0.229 e. The highest BCUT2D eigenvalue weighted by Gasteiger charge is 2.36. The molecular weight excluding hydrogens is 330 g/mol. The fourth-order valence-electron chi connectivity index (χ4n) is 3.98. The summed E-state index contributed by atoms with van der Waals surface area (Å²) in [4.78, 5) is 11.1. The van der Waals surface area contributed by atoms with Gasteiger partial charge < -0.3 is 14.0 Å². The third-order valence-electron chi connectivity index (χ3n) is 5.44. The Morgan fingerprint density at radius 1 is 1.31 bits per heavy atom. The summed E-state index contributed by atoms with van der Waals surface area (Å²) >= 11 is 0. The first-order chi connectivity index (χ1) is 12.7. The molecule has 0 spiro atoms. The highest BCUT2D eigenvalue weighted by atomic mass is 16.5. The molecule has 2 aliphatic rings. The molecule has 1 N–H and O–H groups in total. The number of aromatic nitrogens is 4. The van der Waals surface area contributed by atoms with Crippen molar-refractivity contribution >= 4 is 5.65 Å². The molecule has 1 unspecified atom stereocenters. The molecule has 5 rings (SSSR count). The van der Waals surface area contributed by atoms with Gasteiger partial charge in [0.1, 0.15) is 5.65 Å². The molecule has 1 aliphatic carbocycles. The molecule has 3 aromatic heterocycles. The molecule has 7 heteroatoms. The maximum atomic E-state index is 11.1. The topological polar surface area (TPSA) is 79.7 Å². The van der Waals surface area contributed by atoms with Gasteiger partial charge in [-0.05, 0) is 44.4 Å². The maximum absolute atomic E-state index is 11.1. The molecule has 26 heavy (non-hydrogen) atoms. The monoisotopic (exact) mass is 353 g/mol. The molecule has 0 aromatic carbocycles. The molecule has 2 fully saturated rings. The van der Waals surface area contributed by atoms with Gasteiger partial charge in [0.15, 0.2) is 5.82 Å². The van der Waals surface area contributed by atoms with Gasteiger partial charge in [-0.3, -0.25) is 4.90 Å². The molecule has 0 amide bonds. The first kappa shape index (κ1) is 16.0. The summed E-state index contributed by atoms with van der Waals surface area (Å²) < 4.78 is 7.49. The predicted octanol–water partition coefficient (Wildman–Crippen LogP) is 2.16. The first-order valence-electron chi connectivity index (χ1n) is 9.37. The second-order valence-electron chi connectivity index (χ2n) is 7.71. The minimum atomic E-state index is -0.811. The lowest BCUT2D eigenvalue weighted by Crippen LogP contribution is -2.49. The summed E-state index contributed by atoms with van der Waals surface area (Å²) in [5.74, 6) is 1.84. The lowest BCUT2D eigenvalue weighted by molar-refractivity contribution is -0.0377. The van der Waals surface area contributed by atoms with E-state index >= 15 is 0 Å². The van der Waals surface area contributed by atoms with E-state index in [1.807, 2.05) is 24.5 Å². The normalized spacial score (nSPS) is 24.3. The van der Waals surface area contributed by atoms with Crippen molar-refractivity contribution in [2.24, 2.45) is 0 Å². The molecule has 1 saturated carbocycles. The Kier molecular flexibility index (Phi) is 3.79. The van der Waals surface area contributed by atoms with Crippen LogP contribution in [-0.2, 0) is 13.0 Å². The van der Waals surface area contributed by atoms with Crippen LogP contribution in [0.1, 0.15) is 49.0 Å².